The van der Waals surface area contributed by atoms with E-state index < -0.39 is 92.0 Å². The summed E-state index contributed by atoms with van der Waals surface area (Å²) < 4.78 is 243. The molecule has 4 aliphatic heterocycles. The lowest BCUT2D eigenvalue weighted by molar-refractivity contribution is 0.0532. The molecule has 0 bridgehead atoms. The molecule has 20 rings (SSSR count). The van der Waals surface area contributed by atoms with Crippen LogP contribution in [-0.4, -0.2) is 174 Å². The van der Waals surface area contributed by atoms with E-state index in [4.69, 9.17) is 4.11 Å². The molecule has 4 saturated carbocycles. The van der Waals surface area contributed by atoms with Crippen molar-refractivity contribution in [3.8, 4) is 44.5 Å². The second-order valence-electron chi connectivity index (χ2n) is 35.6. The van der Waals surface area contributed by atoms with Gasteiger partial charge in [0.2, 0.25) is 20.0 Å². The van der Waals surface area contributed by atoms with Crippen molar-refractivity contribution in [1.29, 1.82) is 0 Å². The van der Waals surface area contributed by atoms with Crippen LogP contribution < -0.4 is 51.3 Å². The third kappa shape index (κ3) is 15.5. The van der Waals surface area contributed by atoms with E-state index in [1.807, 2.05) is 62.1 Å². The van der Waals surface area contributed by atoms with Crippen LogP contribution in [0.25, 0.3) is 68.8 Å². The average molecular weight is 1840 g/mol. The molecule has 4 spiro atoms. The summed E-state index contributed by atoms with van der Waals surface area (Å²) in [6, 6.07) is 6.08. The maximum atomic E-state index is 13.9. The number of nitrogens with zero attached hydrogens (tertiary/aromatic N) is 12. The number of fused-ring (bicyclic) bond motifs is 4. The molecule has 127 heavy (non-hydrogen) atoms. The smallest absolute Gasteiger partial charge is 0.254 e. The summed E-state index contributed by atoms with van der Waals surface area (Å²) in [6.45, 7) is 1.82. The monoisotopic (exact) mass is 1840 g/mol. The fraction of sp³-hybridized carbons (Fsp3) is 0.461. The molecule has 12 aliphatic rings. The third-order valence-corrected chi connectivity index (χ3v) is 33.4. The molecule has 38 heteroatoms. The number of anilines is 4. The lowest BCUT2D eigenvalue weighted by atomic mass is 9.92. The first kappa shape index (κ1) is 84.9. The van der Waals surface area contributed by atoms with Gasteiger partial charge in [0.1, 0.15) is 33.1 Å². The van der Waals surface area contributed by atoms with Crippen molar-refractivity contribution < 1.29 is 72.9 Å². The normalized spacial score (nSPS) is 21.1. The number of pyridine rings is 8. The number of sulfonamides is 2. The van der Waals surface area contributed by atoms with Crippen molar-refractivity contribution >= 4 is 87.3 Å². The maximum absolute atomic E-state index is 13.9. The van der Waals surface area contributed by atoms with Crippen LogP contribution in [-0.2, 0) is 93.6 Å². The molecule has 0 unspecified atom stereocenters. The van der Waals surface area contributed by atoms with Crippen LogP contribution in [0.15, 0.2) is 137 Å². The van der Waals surface area contributed by atoms with E-state index in [2.05, 4.69) is 24.7 Å². The minimum Gasteiger partial charge on any atom is -0.356 e. The van der Waals surface area contributed by atoms with Gasteiger partial charge in [0.15, 0.2) is 19.7 Å². The van der Waals surface area contributed by atoms with Crippen molar-refractivity contribution in [1.82, 2.24) is 47.6 Å². The summed E-state index contributed by atoms with van der Waals surface area (Å²) in [5, 5.41) is 0. The molecule has 674 valence electrons. The van der Waals surface area contributed by atoms with Crippen LogP contribution in [0.2, 0.25) is 0 Å². The molecular weight excluding hydrogens is 1740 g/mol. The summed E-state index contributed by atoms with van der Waals surface area (Å²) >= 11 is 0. The lowest BCUT2D eigenvalue weighted by Crippen LogP contribution is -2.37. The van der Waals surface area contributed by atoms with Crippen LogP contribution in [0, 0.1) is 21.7 Å². The molecule has 0 radical (unpaired) electrons. The molecule has 8 fully saturated rings. The Morgan fingerprint density at radius 3 is 0.827 bits per heavy atom. The molecule has 0 atom stereocenters. The van der Waals surface area contributed by atoms with E-state index in [9.17, 15) is 88.0 Å². The molecular formula is C89H96F8N14O12S4. The van der Waals surface area contributed by atoms with Gasteiger partial charge < -0.3 is 37.9 Å². The molecule has 8 aromatic rings. The Morgan fingerprint density at radius 1 is 0.370 bits per heavy atom. The maximum Gasteiger partial charge on any atom is 0.254 e. The molecule has 26 nitrogen and oxygen atoms in total. The minimum absolute atomic E-state index is 0.00513. The summed E-state index contributed by atoms with van der Waals surface area (Å²) in [5.41, 5.74) is 6.18. The first-order chi connectivity index (χ1) is 60.9. The number of hydrogen-bond acceptors (Lipinski definition) is 20. The predicted molar refractivity (Wildman–Crippen MR) is 468 cm³/mol. The quantitative estimate of drug-likeness (QED) is 0.0901. The number of hydrogen-bond donors (Lipinski definition) is 2. The Hall–Kier alpha value is -10.3. The van der Waals surface area contributed by atoms with E-state index in [1.54, 1.807) is 88.9 Å². The SMILES string of the molecule is CCS(=O)(=O)c1cnc(N2CCC3(CC2)CC3(F)F)c(-c2cn(C)c(=O)c3c2C=CC3)c1.CNS(=O)(=O)c1cnc(N2CCC3(CC2)CC3(F)F)c(-c2cn(C)c(=O)c3c2C=CC3)c1.Cn1cc(-c2cc(S(C)(=O)=O)cnc2N2CCC3(CC2)CC3(F)F)c2c(c1=O)CC=C2.[2H]C([2H])([2H])NS(=O)(=O)c1cnc(N2CCC3(CC2)CC3(F)F)c(-c2cn(C)c(=O)c3c2C=CC3)c1. The molecule has 8 aliphatic carbocycles. The zero-order valence-corrected chi connectivity index (χ0v) is 73.9. The largest absolute Gasteiger partial charge is 0.356 e. The zero-order chi connectivity index (χ0) is 93.3. The number of rotatable bonds is 15. The van der Waals surface area contributed by atoms with Gasteiger partial charge in [-0.3, -0.25) is 19.2 Å². The van der Waals surface area contributed by atoms with E-state index >= 15 is 0 Å². The highest BCUT2D eigenvalue weighted by Gasteiger charge is 2.73. The van der Waals surface area contributed by atoms with Gasteiger partial charge in [-0.1, -0.05) is 55.5 Å². The summed E-state index contributed by atoms with van der Waals surface area (Å²) in [7, 11) is -7.27. The van der Waals surface area contributed by atoms with E-state index in [-0.39, 0.29) is 86.1 Å². The van der Waals surface area contributed by atoms with Crippen LogP contribution in [0.4, 0.5) is 58.4 Å². The van der Waals surface area contributed by atoms with Gasteiger partial charge in [-0.25, -0.2) is 98.2 Å². The van der Waals surface area contributed by atoms with Crippen molar-refractivity contribution in [2.45, 2.75) is 153 Å². The molecule has 4 saturated heterocycles. The van der Waals surface area contributed by atoms with E-state index in [1.165, 1.54) is 50.0 Å². The predicted octanol–water partition coefficient (Wildman–Crippen LogP) is 11.6. The third-order valence-electron chi connectivity index (χ3n) is 28.1. The van der Waals surface area contributed by atoms with Crippen molar-refractivity contribution in [3.05, 3.63) is 184 Å². The van der Waals surface area contributed by atoms with E-state index in [0.29, 0.717) is 201 Å². The van der Waals surface area contributed by atoms with Gasteiger partial charge in [0, 0.05) is 255 Å². The Morgan fingerprint density at radius 2 is 0.598 bits per heavy atom. The molecule has 8 aromatic heterocycles. The Bertz CT molecular complexity index is 6760. The zero-order valence-electron chi connectivity index (χ0n) is 73.6. The second kappa shape index (κ2) is 31.3. The van der Waals surface area contributed by atoms with Gasteiger partial charge in [-0.2, -0.15) is 0 Å². The van der Waals surface area contributed by atoms with Gasteiger partial charge in [-0.15, -0.1) is 0 Å². The number of alkyl halides is 8. The summed E-state index contributed by atoms with van der Waals surface area (Å²) in [6.07, 6.45) is 32.3. The van der Waals surface area contributed by atoms with Gasteiger partial charge >= 0.3 is 0 Å². The first-order valence-electron chi connectivity index (χ1n) is 43.4. The van der Waals surface area contributed by atoms with Crippen molar-refractivity contribution in [2.24, 2.45) is 49.9 Å². The first-order valence-corrected chi connectivity index (χ1v) is 48.4. The number of aromatic nitrogens is 8. The molecule has 0 aromatic carbocycles. The number of halogens is 8. The van der Waals surface area contributed by atoms with Crippen LogP contribution in [0.3, 0.4) is 0 Å². The Balaban J connectivity index is 0.000000122. The Labute approximate surface area is 733 Å². The number of nitrogens with one attached hydrogen (secondary N) is 2. The van der Waals surface area contributed by atoms with Crippen molar-refractivity contribution in [2.75, 3.05) is 98.0 Å². The number of allylic oxidation sites excluding steroid dienone is 4. The number of aryl methyl sites for hydroxylation is 4. The van der Waals surface area contributed by atoms with Crippen LogP contribution in [0.5, 0.6) is 0 Å². The number of sulfone groups is 2. The van der Waals surface area contributed by atoms with Gasteiger partial charge in [-0.05, 0) is 138 Å². The highest BCUT2D eigenvalue weighted by atomic mass is 32.2. The van der Waals surface area contributed by atoms with Gasteiger partial charge in [0.25, 0.3) is 45.9 Å². The Kier molecular flexibility index (Phi) is 20.9. The molecule has 0 amide bonds. The highest BCUT2D eigenvalue weighted by Crippen LogP contribution is 2.69. The minimum atomic E-state index is -4.43. The van der Waals surface area contributed by atoms with Gasteiger partial charge in [0.05, 0.1) is 15.5 Å². The lowest BCUT2D eigenvalue weighted by Gasteiger charge is -2.34. The fourth-order valence-electron chi connectivity index (χ4n) is 19.7. The highest BCUT2D eigenvalue weighted by molar-refractivity contribution is 7.91. The van der Waals surface area contributed by atoms with Crippen LogP contribution >= 0.6 is 0 Å². The topological polar surface area (TPSA) is 313 Å². The average Bonchev–Trinajstić information content (AvgIpc) is 1.56. The molecule has 12 heterocycles. The number of piperidine rings is 4. The molecule has 2 N–H and O–H groups in total. The standard InChI is InChI=1S/C23H25F2N3O3S.2C22H24F2N4O3S.C22H23F2N3O3S/c1-3-32(30,31)15-11-18(19-13-27(2)21(29)17-6-4-5-16(17)19)20(26-12-15)28-9-7-22(8-10-28)14-23(22,24)25;2*1-25-32(30,31)14-10-17(18-12-27(2)20(29)16-5-3-4-15(16)18)19(26-11-14)28-8-6-21(7-9-28)13-22(21,23)24;1-26-12-18(15-4-3-5-16(15)20(26)28)17-10-14(31(2,29)30)11-25-19(17)27-8-6-21(7-9-27)13-22(21,23)24/h4-5,11-13H,3,6-10,14H2,1-2H3;2*3-4,10-12,25H,5-9,13H2,1-2H3;3-4,10-12H,5-9,13H2,1-2H3/i;1D3;;. The van der Waals surface area contributed by atoms with Crippen LogP contribution in [0.1, 0.15) is 133 Å². The van der Waals surface area contributed by atoms with Crippen molar-refractivity contribution in [3.63, 3.8) is 0 Å². The van der Waals surface area contributed by atoms with E-state index in [0.717, 1.165) is 40.3 Å². The summed E-state index contributed by atoms with van der Waals surface area (Å²) in [5.74, 6) is -8.40. The second-order valence-corrected chi connectivity index (χ2v) is 43.4. The fourth-order valence-corrected chi connectivity index (χ4v) is 22.4. The summed E-state index contributed by atoms with van der Waals surface area (Å²) in [4.78, 5) is 75.7.